The second-order valence-corrected chi connectivity index (χ2v) is 4.77. The van der Waals surface area contributed by atoms with Gasteiger partial charge in [-0.15, -0.1) is 0 Å². The molecular formula is C9H13BrO. The minimum Gasteiger partial charge on any atom is -0.298 e. The summed E-state index contributed by atoms with van der Waals surface area (Å²) in [6.07, 6.45) is 6.08. The average molecular weight is 217 g/mol. The van der Waals surface area contributed by atoms with Crippen molar-refractivity contribution in [3.63, 3.8) is 0 Å². The van der Waals surface area contributed by atoms with Crippen LogP contribution in [0.1, 0.15) is 32.1 Å². The Morgan fingerprint density at radius 3 is 2.73 bits per heavy atom. The third kappa shape index (κ3) is 1.26. The molecule has 0 aliphatic heterocycles. The third-order valence-corrected chi connectivity index (χ3v) is 4.30. The van der Waals surface area contributed by atoms with E-state index in [0.29, 0.717) is 11.7 Å². The Kier molecular flexibility index (Phi) is 2.04. The van der Waals surface area contributed by atoms with Gasteiger partial charge >= 0.3 is 0 Å². The minimum atomic E-state index is 0.202. The summed E-state index contributed by atoms with van der Waals surface area (Å²) in [4.78, 5) is 11.5. The van der Waals surface area contributed by atoms with E-state index in [1.807, 2.05) is 0 Å². The van der Waals surface area contributed by atoms with Crippen molar-refractivity contribution in [1.82, 2.24) is 0 Å². The van der Waals surface area contributed by atoms with Crippen LogP contribution in [0.5, 0.6) is 0 Å². The molecule has 0 bridgehead atoms. The number of carbonyl (C=O) groups excluding carboxylic acids is 1. The van der Waals surface area contributed by atoms with E-state index in [-0.39, 0.29) is 4.83 Å². The van der Waals surface area contributed by atoms with Crippen molar-refractivity contribution in [2.45, 2.75) is 36.9 Å². The van der Waals surface area contributed by atoms with E-state index in [9.17, 15) is 4.79 Å². The zero-order valence-electron chi connectivity index (χ0n) is 6.55. The molecule has 0 aromatic heterocycles. The monoisotopic (exact) mass is 216 g/mol. The van der Waals surface area contributed by atoms with Gasteiger partial charge in [-0.3, -0.25) is 4.79 Å². The van der Waals surface area contributed by atoms with Crippen LogP contribution in [0.2, 0.25) is 0 Å². The minimum absolute atomic E-state index is 0.202. The van der Waals surface area contributed by atoms with Crippen LogP contribution in [0, 0.1) is 11.8 Å². The van der Waals surface area contributed by atoms with Crippen LogP contribution in [0.3, 0.4) is 0 Å². The zero-order chi connectivity index (χ0) is 7.84. The van der Waals surface area contributed by atoms with Crippen LogP contribution in [0.25, 0.3) is 0 Å². The van der Waals surface area contributed by atoms with Crippen LogP contribution in [-0.4, -0.2) is 10.6 Å². The highest BCUT2D eigenvalue weighted by Crippen LogP contribution is 2.43. The van der Waals surface area contributed by atoms with Gasteiger partial charge in [-0.05, 0) is 24.7 Å². The molecule has 2 aliphatic rings. The van der Waals surface area contributed by atoms with Gasteiger partial charge in [0.05, 0.1) is 4.83 Å². The highest BCUT2D eigenvalue weighted by Gasteiger charge is 2.41. The van der Waals surface area contributed by atoms with E-state index in [4.69, 9.17) is 0 Å². The number of rotatable bonds is 0. The quantitative estimate of drug-likeness (QED) is 0.570. The normalized spacial score (nSPS) is 44.1. The lowest BCUT2D eigenvalue weighted by molar-refractivity contribution is -0.117. The molecule has 2 heteroatoms. The predicted molar refractivity (Wildman–Crippen MR) is 47.8 cm³/mol. The van der Waals surface area contributed by atoms with E-state index in [2.05, 4.69) is 15.9 Å². The van der Waals surface area contributed by atoms with E-state index in [0.717, 1.165) is 12.3 Å². The lowest BCUT2D eigenvalue weighted by Crippen LogP contribution is -2.20. The van der Waals surface area contributed by atoms with E-state index < -0.39 is 0 Å². The van der Waals surface area contributed by atoms with Crippen molar-refractivity contribution in [2.75, 3.05) is 0 Å². The number of alkyl halides is 1. The number of halogens is 1. The average Bonchev–Trinajstić information content (AvgIpc) is 2.30. The molecule has 2 rings (SSSR count). The molecular weight excluding hydrogens is 204 g/mol. The summed E-state index contributed by atoms with van der Waals surface area (Å²) in [5, 5.41) is 0. The van der Waals surface area contributed by atoms with Crippen molar-refractivity contribution < 1.29 is 4.79 Å². The maximum atomic E-state index is 11.3. The van der Waals surface area contributed by atoms with Gasteiger partial charge in [-0.25, -0.2) is 0 Å². The molecule has 2 saturated carbocycles. The SMILES string of the molecule is O=C1C[C@H]2CCCC[C@@H]2C1Br. The first-order chi connectivity index (χ1) is 5.29. The van der Waals surface area contributed by atoms with Gasteiger partial charge < -0.3 is 0 Å². The standard InChI is InChI=1S/C9H13BrO/c10-9-7-4-2-1-3-6(7)5-8(9)11/h6-7,9H,1-5H2/t6-,7+,9?/m1/s1. The van der Waals surface area contributed by atoms with Gasteiger partial charge in [0.15, 0.2) is 0 Å². The number of fused-ring (bicyclic) bond motifs is 1. The van der Waals surface area contributed by atoms with Crippen LogP contribution < -0.4 is 0 Å². The fourth-order valence-electron chi connectivity index (χ4n) is 2.48. The summed E-state index contributed by atoms with van der Waals surface area (Å²) in [5.74, 6) is 1.85. The molecule has 0 spiro atoms. The molecule has 0 aromatic carbocycles. The summed E-state index contributed by atoms with van der Waals surface area (Å²) < 4.78 is 0. The Labute approximate surface area is 75.7 Å². The van der Waals surface area contributed by atoms with Gasteiger partial charge in [0.1, 0.15) is 5.78 Å². The molecule has 62 valence electrons. The summed E-state index contributed by atoms with van der Waals surface area (Å²) in [7, 11) is 0. The molecule has 0 amide bonds. The molecule has 0 aromatic rings. The van der Waals surface area contributed by atoms with Crippen molar-refractivity contribution >= 4 is 21.7 Å². The Morgan fingerprint density at radius 2 is 2.00 bits per heavy atom. The van der Waals surface area contributed by atoms with E-state index in [1.165, 1.54) is 25.7 Å². The topological polar surface area (TPSA) is 17.1 Å². The third-order valence-electron chi connectivity index (χ3n) is 3.11. The Bertz CT molecular complexity index is 178. The summed E-state index contributed by atoms with van der Waals surface area (Å²) in [6.45, 7) is 0. The molecule has 0 radical (unpaired) electrons. The lowest BCUT2D eigenvalue weighted by Gasteiger charge is -2.25. The van der Waals surface area contributed by atoms with Crippen LogP contribution >= 0.6 is 15.9 Å². The fraction of sp³-hybridized carbons (Fsp3) is 0.889. The second kappa shape index (κ2) is 2.89. The van der Waals surface area contributed by atoms with Gasteiger partial charge in [-0.2, -0.15) is 0 Å². The van der Waals surface area contributed by atoms with Crippen LogP contribution in [0.15, 0.2) is 0 Å². The first-order valence-corrected chi connectivity index (χ1v) is 5.37. The molecule has 11 heavy (non-hydrogen) atoms. The number of ketones is 1. The van der Waals surface area contributed by atoms with Gasteiger partial charge in [-0.1, -0.05) is 28.8 Å². The summed E-state index contributed by atoms with van der Waals surface area (Å²) in [6, 6.07) is 0. The highest BCUT2D eigenvalue weighted by molar-refractivity contribution is 9.10. The molecule has 2 fully saturated rings. The Balaban J connectivity index is 2.11. The molecule has 0 saturated heterocycles. The van der Waals surface area contributed by atoms with Crippen LogP contribution in [-0.2, 0) is 4.79 Å². The van der Waals surface area contributed by atoms with E-state index in [1.54, 1.807) is 0 Å². The molecule has 0 N–H and O–H groups in total. The molecule has 3 atom stereocenters. The Hall–Kier alpha value is 0.150. The molecule has 1 nitrogen and oxygen atoms in total. The van der Waals surface area contributed by atoms with Gasteiger partial charge in [0.25, 0.3) is 0 Å². The van der Waals surface area contributed by atoms with Crippen molar-refractivity contribution in [3.05, 3.63) is 0 Å². The Morgan fingerprint density at radius 1 is 1.27 bits per heavy atom. The van der Waals surface area contributed by atoms with Crippen molar-refractivity contribution in [2.24, 2.45) is 11.8 Å². The van der Waals surface area contributed by atoms with E-state index >= 15 is 0 Å². The van der Waals surface area contributed by atoms with Gasteiger partial charge in [0, 0.05) is 6.42 Å². The fourth-order valence-corrected chi connectivity index (χ4v) is 3.37. The predicted octanol–water partition coefficient (Wildman–Crippen LogP) is 2.53. The van der Waals surface area contributed by atoms with Crippen molar-refractivity contribution in [3.8, 4) is 0 Å². The molecule has 0 heterocycles. The van der Waals surface area contributed by atoms with Gasteiger partial charge in [0.2, 0.25) is 0 Å². The first-order valence-electron chi connectivity index (χ1n) is 4.46. The van der Waals surface area contributed by atoms with Crippen molar-refractivity contribution in [1.29, 1.82) is 0 Å². The highest BCUT2D eigenvalue weighted by atomic mass is 79.9. The molecule has 1 unspecified atom stereocenters. The molecule has 2 aliphatic carbocycles. The number of Topliss-reactive ketones (excluding diaryl/α,β-unsaturated/α-hetero) is 1. The first kappa shape index (κ1) is 7.78. The van der Waals surface area contributed by atoms with Crippen LogP contribution in [0.4, 0.5) is 0 Å². The second-order valence-electron chi connectivity index (χ2n) is 3.78. The maximum absolute atomic E-state index is 11.3. The maximum Gasteiger partial charge on any atom is 0.147 e. The number of hydrogen-bond acceptors (Lipinski definition) is 1. The smallest absolute Gasteiger partial charge is 0.147 e. The summed E-state index contributed by atoms with van der Waals surface area (Å²) >= 11 is 3.50. The lowest BCUT2D eigenvalue weighted by atomic mass is 9.82. The summed E-state index contributed by atoms with van der Waals surface area (Å²) in [5.41, 5.74) is 0. The number of hydrogen-bond donors (Lipinski definition) is 0. The largest absolute Gasteiger partial charge is 0.298 e. The zero-order valence-corrected chi connectivity index (χ0v) is 8.14. The number of carbonyl (C=O) groups is 1.